The van der Waals surface area contributed by atoms with Crippen LogP contribution in [-0.4, -0.2) is 36.8 Å². The Kier molecular flexibility index (Phi) is 4.10. The normalized spacial score (nSPS) is 17.5. The van der Waals surface area contributed by atoms with Crippen molar-refractivity contribution in [1.29, 1.82) is 0 Å². The lowest BCUT2D eigenvalue weighted by Gasteiger charge is -2.29. The first-order valence-electron chi connectivity index (χ1n) is 6.54. The minimum Gasteiger partial charge on any atom is -0.497 e. The monoisotopic (exact) mass is 263 g/mol. The molecule has 1 aromatic carbocycles. The fourth-order valence-electron chi connectivity index (χ4n) is 2.23. The highest BCUT2D eigenvalue weighted by Crippen LogP contribution is 2.23. The van der Waals surface area contributed by atoms with E-state index in [2.05, 4.69) is 0 Å². The van der Waals surface area contributed by atoms with Crippen LogP contribution in [0.15, 0.2) is 24.3 Å². The third kappa shape index (κ3) is 3.26. The van der Waals surface area contributed by atoms with Crippen LogP contribution in [0, 0.1) is 0 Å². The van der Waals surface area contributed by atoms with Crippen molar-refractivity contribution in [3.05, 3.63) is 29.8 Å². The second kappa shape index (κ2) is 5.61. The summed E-state index contributed by atoms with van der Waals surface area (Å²) < 4.78 is 10.5. The van der Waals surface area contributed by atoms with Gasteiger partial charge in [0.05, 0.1) is 19.3 Å². The predicted octanol–water partition coefficient (Wildman–Crippen LogP) is 2.22. The molecule has 2 rings (SSSR count). The summed E-state index contributed by atoms with van der Waals surface area (Å²) in [7, 11) is 1.65. The molecule has 1 fully saturated rings. The molecule has 0 aromatic heterocycles. The number of benzene rings is 1. The first-order chi connectivity index (χ1) is 9.03. The van der Waals surface area contributed by atoms with Crippen molar-refractivity contribution < 1.29 is 14.3 Å². The van der Waals surface area contributed by atoms with Gasteiger partial charge in [-0.15, -0.1) is 0 Å². The minimum atomic E-state index is -0.184. The number of hydrogen-bond donors (Lipinski definition) is 0. The average molecular weight is 263 g/mol. The summed E-state index contributed by atoms with van der Waals surface area (Å²) in [5.74, 6) is 0.988. The van der Waals surface area contributed by atoms with Gasteiger partial charge >= 0.3 is 0 Å². The van der Waals surface area contributed by atoms with Crippen LogP contribution < -0.4 is 4.74 Å². The van der Waals surface area contributed by atoms with Crippen LogP contribution in [0.3, 0.4) is 0 Å². The number of carbonyl (C=O) groups excluding carboxylic acids is 1. The molecule has 0 spiro atoms. The first kappa shape index (κ1) is 13.9. The molecule has 0 radical (unpaired) electrons. The number of carbonyl (C=O) groups is 1. The molecule has 1 amide bonds. The van der Waals surface area contributed by atoms with Crippen LogP contribution in [0.1, 0.15) is 25.8 Å². The Morgan fingerprint density at radius 1 is 1.37 bits per heavy atom. The van der Waals surface area contributed by atoms with E-state index in [0.29, 0.717) is 19.8 Å². The van der Waals surface area contributed by atoms with E-state index >= 15 is 0 Å². The summed E-state index contributed by atoms with van der Waals surface area (Å²) in [5.41, 5.74) is 0.962. The van der Waals surface area contributed by atoms with Crippen molar-refractivity contribution in [2.24, 2.45) is 0 Å². The number of methoxy groups -OCH3 is 1. The van der Waals surface area contributed by atoms with Gasteiger partial charge in [0.1, 0.15) is 12.5 Å². The van der Waals surface area contributed by atoms with E-state index in [9.17, 15) is 4.79 Å². The quantitative estimate of drug-likeness (QED) is 0.836. The second-order valence-electron chi connectivity index (χ2n) is 5.46. The number of amides is 1. The Morgan fingerprint density at radius 2 is 2.05 bits per heavy atom. The highest BCUT2D eigenvalue weighted by atomic mass is 16.5. The lowest BCUT2D eigenvalue weighted by atomic mass is 10.0. The van der Waals surface area contributed by atoms with Gasteiger partial charge in [0.25, 0.3) is 0 Å². The third-order valence-electron chi connectivity index (χ3n) is 3.49. The van der Waals surface area contributed by atoms with Gasteiger partial charge < -0.3 is 14.4 Å². The van der Waals surface area contributed by atoms with E-state index < -0.39 is 0 Å². The van der Waals surface area contributed by atoms with Gasteiger partial charge in [0.2, 0.25) is 5.91 Å². The Bertz CT molecular complexity index is 439. The van der Waals surface area contributed by atoms with Crippen molar-refractivity contribution in [3.8, 4) is 5.75 Å². The number of rotatable bonds is 4. The zero-order valence-corrected chi connectivity index (χ0v) is 11.8. The summed E-state index contributed by atoms with van der Waals surface area (Å²) in [5, 5.41) is 0. The van der Waals surface area contributed by atoms with E-state index in [1.54, 1.807) is 7.11 Å². The molecule has 4 nitrogen and oxygen atoms in total. The number of nitrogens with zero attached hydrogens (tertiary/aromatic N) is 1. The van der Waals surface area contributed by atoms with Gasteiger partial charge in [-0.3, -0.25) is 4.79 Å². The standard InChI is InChI=1S/C15H21NO3/c1-15(2)10-19-11-16(15)14(17)9-6-12-4-7-13(18-3)8-5-12/h4-5,7-8H,6,9-11H2,1-3H3. The predicted molar refractivity (Wildman–Crippen MR) is 73.1 cm³/mol. The van der Waals surface area contributed by atoms with Gasteiger partial charge in [-0.1, -0.05) is 12.1 Å². The molecule has 1 aliphatic heterocycles. The Morgan fingerprint density at radius 3 is 2.58 bits per heavy atom. The van der Waals surface area contributed by atoms with Crippen LogP contribution in [0.4, 0.5) is 0 Å². The molecule has 1 heterocycles. The topological polar surface area (TPSA) is 38.8 Å². The molecule has 0 bridgehead atoms. The van der Waals surface area contributed by atoms with Gasteiger partial charge in [-0.25, -0.2) is 0 Å². The van der Waals surface area contributed by atoms with Crippen LogP contribution in [-0.2, 0) is 16.0 Å². The molecule has 0 unspecified atom stereocenters. The molecule has 104 valence electrons. The van der Waals surface area contributed by atoms with Crippen molar-refractivity contribution in [2.75, 3.05) is 20.4 Å². The van der Waals surface area contributed by atoms with E-state index in [4.69, 9.17) is 9.47 Å². The third-order valence-corrected chi connectivity index (χ3v) is 3.49. The van der Waals surface area contributed by atoms with Gasteiger partial charge in [-0.05, 0) is 38.0 Å². The molecule has 4 heteroatoms. The zero-order chi connectivity index (χ0) is 13.9. The smallest absolute Gasteiger partial charge is 0.225 e. The molecular weight excluding hydrogens is 242 g/mol. The van der Waals surface area contributed by atoms with Gasteiger partial charge in [-0.2, -0.15) is 0 Å². The lowest BCUT2D eigenvalue weighted by molar-refractivity contribution is -0.135. The Labute approximate surface area is 114 Å². The number of ether oxygens (including phenoxy) is 2. The van der Waals surface area contributed by atoms with E-state index in [0.717, 1.165) is 17.7 Å². The van der Waals surface area contributed by atoms with Gasteiger partial charge in [0.15, 0.2) is 0 Å². The van der Waals surface area contributed by atoms with Crippen molar-refractivity contribution in [3.63, 3.8) is 0 Å². The highest BCUT2D eigenvalue weighted by Gasteiger charge is 2.35. The molecular formula is C15H21NO3. The average Bonchev–Trinajstić information content (AvgIpc) is 2.76. The maximum atomic E-state index is 12.2. The Balaban J connectivity index is 1.89. The summed E-state index contributed by atoms with van der Waals surface area (Å²) in [6, 6.07) is 7.83. The van der Waals surface area contributed by atoms with Crippen LogP contribution in [0.2, 0.25) is 0 Å². The minimum absolute atomic E-state index is 0.151. The van der Waals surface area contributed by atoms with Crippen LogP contribution in [0.5, 0.6) is 5.75 Å². The highest BCUT2D eigenvalue weighted by molar-refractivity contribution is 5.77. The lowest BCUT2D eigenvalue weighted by Crippen LogP contribution is -2.44. The molecule has 1 saturated heterocycles. The van der Waals surface area contributed by atoms with E-state index in [1.807, 2.05) is 43.0 Å². The largest absolute Gasteiger partial charge is 0.497 e. The number of hydrogen-bond acceptors (Lipinski definition) is 3. The first-order valence-corrected chi connectivity index (χ1v) is 6.54. The van der Waals surface area contributed by atoms with Gasteiger partial charge in [0, 0.05) is 6.42 Å². The van der Waals surface area contributed by atoms with Crippen molar-refractivity contribution in [2.45, 2.75) is 32.2 Å². The summed E-state index contributed by atoms with van der Waals surface area (Å²) >= 11 is 0. The fourth-order valence-corrected chi connectivity index (χ4v) is 2.23. The maximum absolute atomic E-state index is 12.2. The Hall–Kier alpha value is -1.55. The van der Waals surface area contributed by atoms with Crippen molar-refractivity contribution >= 4 is 5.91 Å². The maximum Gasteiger partial charge on any atom is 0.225 e. The summed E-state index contributed by atoms with van der Waals surface area (Å²) in [4.78, 5) is 14.0. The zero-order valence-electron chi connectivity index (χ0n) is 11.8. The summed E-state index contributed by atoms with van der Waals surface area (Å²) in [6.07, 6.45) is 1.26. The summed E-state index contributed by atoms with van der Waals surface area (Å²) in [6.45, 7) is 5.09. The second-order valence-corrected chi connectivity index (χ2v) is 5.46. The van der Waals surface area contributed by atoms with Crippen LogP contribution in [0.25, 0.3) is 0 Å². The molecule has 0 aliphatic carbocycles. The van der Waals surface area contributed by atoms with E-state index in [-0.39, 0.29) is 11.4 Å². The van der Waals surface area contributed by atoms with Crippen molar-refractivity contribution in [1.82, 2.24) is 4.90 Å². The molecule has 1 aromatic rings. The fraction of sp³-hybridized carbons (Fsp3) is 0.533. The molecule has 0 atom stereocenters. The molecule has 0 saturated carbocycles. The molecule has 19 heavy (non-hydrogen) atoms. The molecule has 1 aliphatic rings. The molecule has 0 N–H and O–H groups in total. The number of aryl methyl sites for hydroxylation is 1. The SMILES string of the molecule is COc1ccc(CCC(=O)N2COCC2(C)C)cc1. The van der Waals surface area contributed by atoms with E-state index in [1.165, 1.54) is 0 Å². The van der Waals surface area contributed by atoms with Crippen LogP contribution >= 0.6 is 0 Å².